The molecule has 2 aromatic carbocycles. The fourth-order valence-corrected chi connectivity index (χ4v) is 3.60. The van der Waals surface area contributed by atoms with Crippen molar-refractivity contribution in [1.29, 1.82) is 0 Å². The summed E-state index contributed by atoms with van der Waals surface area (Å²) in [4.78, 5) is 0. The molecule has 0 bridgehead atoms. The van der Waals surface area contributed by atoms with Gasteiger partial charge in [0.25, 0.3) is 0 Å². The largest absolute Gasteiger partial charge is 0.373 e. The minimum atomic E-state index is -0.181. The summed E-state index contributed by atoms with van der Waals surface area (Å²) in [6.45, 7) is 1.44. The fourth-order valence-electron chi connectivity index (χ4n) is 3.48. The molecule has 2 heterocycles. The second kappa shape index (κ2) is 5.13. The van der Waals surface area contributed by atoms with Crippen molar-refractivity contribution in [3.05, 3.63) is 70.2 Å². The number of hydrogen-bond donors (Lipinski definition) is 0. The van der Waals surface area contributed by atoms with Gasteiger partial charge < -0.3 is 9.47 Å². The Morgan fingerprint density at radius 2 is 1.86 bits per heavy atom. The average Bonchev–Trinajstić information content (AvgIpc) is 2.87. The van der Waals surface area contributed by atoms with Gasteiger partial charge in [-0.25, -0.2) is 0 Å². The Hall–Kier alpha value is -1.35. The normalized spacial score (nSPS) is 27.8. The van der Waals surface area contributed by atoms with E-state index in [1.165, 1.54) is 16.7 Å². The fraction of sp³-hybridized carbons (Fsp3) is 0.333. The summed E-state index contributed by atoms with van der Waals surface area (Å²) in [6, 6.07) is 16.5. The Labute approximate surface area is 129 Å². The van der Waals surface area contributed by atoms with Crippen LogP contribution in [0.3, 0.4) is 0 Å². The molecular formula is C18H17ClO2. The molecule has 108 valence electrons. The summed E-state index contributed by atoms with van der Waals surface area (Å²) in [7, 11) is 0. The number of ether oxygens (including phenoxy) is 2. The van der Waals surface area contributed by atoms with Gasteiger partial charge in [-0.1, -0.05) is 48.0 Å². The first-order valence-electron chi connectivity index (χ1n) is 7.36. The molecule has 2 nitrogen and oxygen atoms in total. The third kappa shape index (κ3) is 2.28. The van der Waals surface area contributed by atoms with E-state index in [-0.39, 0.29) is 11.7 Å². The van der Waals surface area contributed by atoms with Gasteiger partial charge in [0.1, 0.15) is 0 Å². The van der Waals surface area contributed by atoms with Crippen molar-refractivity contribution < 1.29 is 9.47 Å². The topological polar surface area (TPSA) is 18.5 Å². The third-order valence-electron chi connectivity index (χ3n) is 4.59. The summed E-state index contributed by atoms with van der Waals surface area (Å²) in [6.07, 6.45) is 1.86. The van der Waals surface area contributed by atoms with Crippen molar-refractivity contribution >= 4 is 11.6 Å². The first kappa shape index (κ1) is 13.3. The highest BCUT2D eigenvalue weighted by molar-refractivity contribution is 6.30. The molecule has 2 aliphatic heterocycles. The molecule has 0 aromatic heterocycles. The number of hydrogen-bond acceptors (Lipinski definition) is 2. The van der Waals surface area contributed by atoms with Crippen LogP contribution in [0.15, 0.2) is 48.5 Å². The Bertz CT molecular complexity index is 649. The van der Waals surface area contributed by atoms with E-state index >= 15 is 0 Å². The van der Waals surface area contributed by atoms with Gasteiger partial charge in [0.2, 0.25) is 0 Å². The molecular weight excluding hydrogens is 284 g/mol. The zero-order chi connectivity index (χ0) is 14.3. The first-order valence-corrected chi connectivity index (χ1v) is 7.74. The maximum absolute atomic E-state index is 6.22. The number of halogens is 1. The van der Waals surface area contributed by atoms with E-state index in [1.54, 1.807) is 0 Å². The number of benzene rings is 2. The zero-order valence-electron chi connectivity index (χ0n) is 11.7. The van der Waals surface area contributed by atoms with Crippen molar-refractivity contribution in [1.82, 2.24) is 0 Å². The van der Waals surface area contributed by atoms with Crippen LogP contribution in [0.5, 0.6) is 0 Å². The van der Waals surface area contributed by atoms with Crippen LogP contribution in [0.4, 0.5) is 0 Å². The molecule has 0 unspecified atom stereocenters. The van der Waals surface area contributed by atoms with Crippen LogP contribution >= 0.6 is 11.6 Å². The third-order valence-corrected chi connectivity index (χ3v) is 4.85. The van der Waals surface area contributed by atoms with E-state index in [0.29, 0.717) is 6.61 Å². The number of rotatable bonds is 1. The highest BCUT2D eigenvalue weighted by atomic mass is 35.5. The summed E-state index contributed by atoms with van der Waals surface area (Å²) < 4.78 is 12.2. The van der Waals surface area contributed by atoms with Crippen LogP contribution in [-0.4, -0.2) is 6.61 Å². The summed E-state index contributed by atoms with van der Waals surface area (Å²) in [5.74, 6) is 0. The van der Waals surface area contributed by atoms with Crippen LogP contribution in [0.2, 0.25) is 5.02 Å². The standard InChI is InChI=1S/C18H17ClO2/c19-15-7-5-13(6-8-15)17-11-18(9-10-20-17)16-4-2-1-3-14(16)12-21-18/h1-8,17H,9-12H2/t17-,18-/m0/s1. The van der Waals surface area contributed by atoms with Crippen molar-refractivity contribution in [2.75, 3.05) is 6.61 Å². The van der Waals surface area contributed by atoms with Gasteiger partial charge in [-0.05, 0) is 28.8 Å². The van der Waals surface area contributed by atoms with Gasteiger partial charge in [-0.2, -0.15) is 0 Å². The molecule has 1 fully saturated rings. The Kier molecular flexibility index (Phi) is 3.26. The van der Waals surface area contributed by atoms with Crippen molar-refractivity contribution in [2.45, 2.75) is 31.2 Å². The van der Waals surface area contributed by atoms with Crippen LogP contribution in [-0.2, 0) is 21.7 Å². The maximum Gasteiger partial charge on any atom is 0.0989 e. The quantitative estimate of drug-likeness (QED) is 0.765. The minimum Gasteiger partial charge on any atom is -0.373 e. The molecule has 1 saturated heterocycles. The van der Waals surface area contributed by atoms with Gasteiger partial charge in [0.05, 0.1) is 24.9 Å². The molecule has 2 aromatic rings. The predicted molar refractivity (Wildman–Crippen MR) is 82.3 cm³/mol. The Morgan fingerprint density at radius 3 is 2.71 bits per heavy atom. The van der Waals surface area contributed by atoms with Gasteiger partial charge in [-0.3, -0.25) is 0 Å². The zero-order valence-corrected chi connectivity index (χ0v) is 12.5. The molecule has 0 aliphatic carbocycles. The minimum absolute atomic E-state index is 0.0715. The monoisotopic (exact) mass is 300 g/mol. The predicted octanol–water partition coefficient (Wildman–Crippen LogP) is 4.62. The summed E-state index contributed by atoms with van der Waals surface area (Å²) in [5.41, 5.74) is 3.65. The summed E-state index contributed by atoms with van der Waals surface area (Å²) >= 11 is 5.97. The van der Waals surface area contributed by atoms with Gasteiger partial charge in [0.15, 0.2) is 0 Å². The van der Waals surface area contributed by atoms with Crippen LogP contribution in [0, 0.1) is 0 Å². The van der Waals surface area contributed by atoms with E-state index in [0.717, 1.165) is 24.5 Å². The van der Waals surface area contributed by atoms with Crippen LogP contribution in [0.1, 0.15) is 35.6 Å². The van der Waals surface area contributed by atoms with E-state index < -0.39 is 0 Å². The Morgan fingerprint density at radius 1 is 1.05 bits per heavy atom. The SMILES string of the molecule is Clc1ccc([C@@H]2C[C@]3(CCO2)OCc2ccccc23)cc1. The highest BCUT2D eigenvalue weighted by Crippen LogP contribution is 2.48. The lowest BCUT2D eigenvalue weighted by atomic mass is 9.81. The smallest absolute Gasteiger partial charge is 0.0989 e. The van der Waals surface area contributed by atoms with E-state index in [4.69, 9.17) is 21.1 Å². The first-order chi connectivity index (χ1) is 10.3. The van der Waals surface area contributed by atoms with Gasteiger partial charge in [0, 0.05) is 17.9 Å². The molecule has 21 heavy (non-hydrogen) atoms. The molecule has 0 N–H and O–H groups in total. The van der Waals surface area contributed by atoms with Crippen molar-refractivity contribution in [3.63, 3.8) is 0 Å². The maximum atomic E-state index is 6.22. The average molecular weight is 301 g/mol. The van der Waals surface area contributed by atoms with Gasteiger partial charge in [-0.15, -0.1) is 0 Å². The second-order valence-electron chi connectivity index (χ2n) is 5.81. The second-order valence-corrected chi connectivity index (χ2v) is 6.24. The van der Waals surface area contributed by atoms with E-state index in [9.17, 15) is 0 Å². The van der Waals surface area contributed by atoms with E-state index in [1.807, 2.05) is 24.3 Å². The van der Waals surface area contributed by atoms with Crippen LogP contribution < -0.4 is 0 Å². The molecule has 0 saturated carbocycles. The van der Waals surface area contributed by atoms with E-state index in [2.05, 4.69) is 24.3 Å². The molecule has 1 spiro atoms. The van der Waals surface area contributed by atoms with Crippen LogP contribution in [0.25, 0.3) is 0 Å². The lowest BCUT2D eigenvalue weighted by Gasteiger charge is -2.38. The van der Waals surface area contributed by atoms with Gasteiger partial charge >= 0.3 is 0 Å². The van der Waals surface area contributed by atoms with Crippen molar-refractivity contribution in [3.8, 4) is 0 Å². The molecule has 3 heteroatoms. The molecule has 2 atom stereocenters. The number of fused-ring (bicyclic) bond motifs is 2. The molecule has 2 aliphatic rings. The highest BCUT2D eigenvalue weighted by Gasteiger charge is 2.44. The lowest BCUT2D eigenvalue weighted by molar-refractivity contribution is -0.138. The molecule has 0 amide bonds. The summed E-state index contributed by atoms with van der Waals surface area (Å²) in [5, 5.41) is 0.756. The Balaban J connectivity index is 1.66. The van der Waals surface area contributed by atoms with Crippen molar-refractivity contribution in [2.24, 2.45) is 0 Å². The molecule has 0 radical (unpaired) electrons. The molecule has 4 rings (SSSR count). The lowest BCUT2D eigenvalue weighted by Crippen LogP contribution is -2.35.